The Labute approximate surface area is 577 Å². The molecule has 4 aromatic carbocycles. The van der Waals surface area contributed by atoms with Crippen LogP contribution in [0.25, 0.3) is 0 Å². The van der Waals surface area contributed by atoms with Gasteiger partial charge in [-0.05, 0) is 97.5 Å². The smallest absolute Gasteiger partial charge is 0.416 e. The van der Waals surface area contributed by atoms with E-state index in [1.165, 1.54) is 71.5 Å². The maximum atomic E-state index is 14.5. The lowest BCUT2D eigenvalue weighted by Crippen LogP contribution is -2.61. The maximum absolute atomic E-state index is 14.5. The molecule has 14 atom stereocenters. The number of hydrogen-bond acceptors (Lipinski definition) is 26. The monoisotopic (exact) mass is 1410 g/mol. The first-order valence-electron chi connectivity index (χ1n) is 32.2. The molecule has 544 valence electrons. The number of anilines is 2. The van der Waals surface area contributed by atoms with Crippen molar-refractivity contribution in [3.05, 3.63) is 124 Å². The van der Waals surface area contributed by atoms with Crippen LogP contribution >= 0.6 is 0 Å². The van der Waals surface area contributed by atoms with E-state index in [-0.39, 0.29) is 119 Å². The first-order chi connectivity index (χ1) is 47.8. The fraction of sp³-hybridized carbons (Fsp3) is 0.478. The van der Waals surface area contributed by atoms with Crippen LogP contribution < -0.4 is 33.5 Å². The normalized spacial score (nSPS) is 26.3. The van der Waals surface area contributed by atoms with Crippen LogP contribution in [0.5, 0.6) is 28.7 Å². The second-order valence-electron chi connectivity index (χ2n) is 26.5. The van der Waals surface area contributed by atoms with Crippen LogP contribution in [0.3, 0.4) is 0 Å². The van der Waals surface area contributed by atoms with Gasteiger partial charge >= 0.3 is 30.1 Å². The molecule has 0 radical (unpaired) electrons. The van der Waals surface area contributed by atoms with Crippen LogP contribution in [-0.4, -0.2) is 235 Å². The van der Waals surface area contributed by atoms with Crippen molar-refractivity contribution in [3.8, 4) is 28.7 Å². The highest BCUT2D eigenvalue weighted by atomic mass is 16.7. The molecule has 101 heavy (non-hydrogen) atoms. The number of ketones is 1. The predicted molar refractivity (Wildman–Crippen MR) is 346 cm³/mol. The number of aliphatic carboxylic acids is 2. The number of hydrogen-bond donors (Lipinski definition) is 10. The van der Waals surface area contributed by atoms with Crippen LogP contribution in [0.4, 0.5) is 21.0 Å². The Kier molecular flexibility index (Phi) is 22.3. The molecule has 10 N–H and O–H groups in total. The van der Waals surface area contributed by atoms with Crippen LogP contribution in [0.15, 0.2) is 85.0 Å². The first kappa shape index (κ1) is 74.2. The summed E-state index contributed by atoms with van der Waals surface area (Å²) in [5.74, 6) is -5.91. The van der Waals surface area contributed by atoms with Gasteiger partial charge in [-0.25, -0.2) is 33.8 Å². The zero-order valence-electron chi connectivity index (χ0n) is 55.9. The lowest BCUT2D eigenvalue weighted by atomic mass is 9.87. The molecular formula is C69H80N4O28. The topological polar surface area (TPSA) is 444 Å². The number of nitrogens with zero attached hydrogens (tertiary/aromatic N) is 4. The van der Waals surface area contributed by atoms with E-state index in [4.69, 9.17) is 47.4 Å². The van der Waals surface area contributed by atoms with E-state index in [1.54, 1.807) is 13.0 Å². The molecule has 0 aliphatic carbocycles. The molecule has 4 aromatic rings. The Morgan fingerprint density at radius 3 is 1.46 bits per heavy atom. The molecule has 6 aliphatic heterocycles. The number of carboxylic acid groups (broad SMARTS) is 2. The van der Waals surface area contributed by atoms with Crippen LogP contribution in [0.2, 0.25) is 0 Å². The van der Waals surface area contributed by atoms with Gasteiger partial charge in [0.15, 0.2) is 41.9 Å². The standard InChI is InChI=1S/C69H80N4O28/c1-31-18-42-60(83)72(67(90)96-29-34-12-14-45(38(21-34)44(74)26-69(4,5)6)98-65-54(79)50(75)52(77)56(100-65)62(85)86)40-24-47(33(3)20-36(40)58(81)70(42)27-31)94-16-10-9-11-17-95-49-25-41-37(23-48(49)92-7)59(82)71-28-32(2)19-43(71)61(84)73(41)68(91)97-30-35-13-15-46(39(22-35)64(89)93-8)99-66-55(80)51(76)53(78)57(101-66)63(87)88/h12-15,20-25,42-43,50-57,60-61,65-66,75-80,83-84H,1-2,9-11,16-19,26-30H2,3-8H3,(H,85,86)(H,87,88)/t42-,43-,50-,51-,52-,53-,54+,55+,56-,57-,60?,61?,65+,66+/m0/s1. The molecular weight excluding hydrogens is 1330 g/mol. The molecule has 32 heteroatoms. The van der Waals surface area contributed by atoms with Crippen molar-refractivity contribution < 1.29 is 137 Å². The minimum Gasteiger partial charge on any atom is -0.493 e. The van der Waals surface area contributed by atoms with Crippen molar-refractivity contribution in [3.63, 3.8) is 0 Å². The van der Waals surface area contributed by atoms with Gasteiger partial charge in [0.25, 0.3) is 11.8 Å². The molecule has 0 aromatic heterocycles. The summed E-state index contributed by atoms with van der Waals surface area (Å²) < 4.78 is 56.6. The third-order valence-corrected chi connectivity index (χ3v) is 17.9. The summed E-state index contributed by atoms with van der Waals surface area (Å²) in [5, 5.41) is 106. The number of carbonyl (C=O) groups is 8. The van der Waals surface area contributed by atoms with Gasteiger partial charge in [0.1, 0.15) is 72.6 Å². The molecule has 0 bridgehead atoms. The third kappa shape index (κ3) is 15.6. The van der Waals surface area contributed by atoms with E-state index in [2.05, 4.69) is 13.2 Å². The van der Waals surface area contributed by atoms with E-state index in [1.807, 2.05) is 20.8 Å². The Morgan fingerprint density at radius 1 is 0.554 bits per heavy atom. The molecule has 4 amide bonds. The van der Waals surface area contributed by atoms with Crippen LogP contribution in [0, 0.1) is 12.3 Å². The fourth-order valence-electron chi connectivity index (χ4n) is 12.7. The maximum Gasteiger partial charge on any atom is 0.416 e. The number of aliphatic hydroxyl groups is 8. The average Bonchev–Trinajstić information content (AvgIpc) is 1.63. The van der Waals surface area contributed by atoms with Gasteiger partial charge in [0.05, 0.1) is 67.6 Å². The Hall–Kier alpha value is -9.48. The summed E-state index contributed by atoms with van der Waals surface area (Å²) in [5.41, 5.74) is 1.03. The SMILES string of the molecule is C=C1C[C@H]2C(O)N(C(=O)OCc3ccc(O[C@@H]4O[C@H](C(=O)O)[C@@H](O)[C@H](O)[C@H]4O)c(C(=O)CC(C)(C)C)c3)c3cc(OCCCCCOc4cc5c(cc4OC)C(=O)N4CC(=C)C[C@H]4C(O)N5C(=O)OCc4ccc(O[C@@H]5O[C@H](C(=O)O)[C@@H](O)[C@H](O)[C@H]5O)c(C(=O)OC)c4)c(C)cc3C(=O)N2C1. The van der Waals surface area contributed by atoms with E-state index < -0.39 is 152 Å². The Balaban J connectivity index is 0.812. The summed E-state index contributed by atoms with van der Waals surface area (Å²) in [6.45, 7) is 14.4. The molecule has 0 saturated carbocycles. The number of ether oxygens (including phenoxy) is 10. The second kappa shape index (κ2) is 30.4. The number of aryl methyl sites for hydroxylation is 1. The number of amides is 4. The summed E-state index contributed by atoms with van der Waals surface area (Å²) in [7, 11) is 2.40. The number of benzene rings is 4. The fourth-order valence-corrected chi connectivity index (χ4v) is 12.7. The van der Waals surface area contributed by atoms with E-state index in [9.17, 15) is 89.4 Å². The van der Waals surface area contributed by atoms with Gasteiger partial charge in [-0.15, -0.1) is 0 Å². The number of rotatable bonds is 22. The zero-order valence-corrected chi connectivity index (χ0v) is 55.9. The van der Waals surface area contributed by atoms with Gasteiger partial charge in [-0.3, -0.25) is 14.4 Å². The molecule has 2 unspecified atom stereocenters. The quantitative estimate of drug-likeness (QED) is 0.0178. The minimum absolute atomic E-state index is 0.0301. The largest absolute Gasteiger partial charge is 0.493 e. The molecule has 4 fully saturated rings. The highest BCUT2D eigenvalue weighted by Gasteiger charge is 2.52. The number of esters is 1. The number of Topliss-reactive ketones (excluding diaryl/α,β-unsaturated/α-hetero) is 1. The van der Waals surface area contributed by atoms with Gasteiger partial charge in [0, 0.05) is 31.6 Å². The van der Waals surface area contributed by atoms with Gasteiger partial charge in [-0.2, -0.15) is 0 Å². The summed E-state index contributed by atoms with van der Waals surface area (Å²) >= 11 is 0. The van der Waals surface area contributed by atoms with Crippen molar-refractivity contribution in [2.75, 3.05) is 50.3 Å². The number of aliphatic hydroxyl groups excluding tert-OH is 8. The Morgan fingerprint density at radius 2 is 1.00 bits per heavy atom. The van der Waals surface area contributed by atoms with Crippen molar-refractivity contribution in [1.82, 2.24) is 9.80 Å². The van der Waals surface area contributed by atoms with Crippen molar-refractivity contribution >= 4 is 59.1 Å². The predicted octanol–water partition coefficient (Wildman–Crippen LogP) is 3.07. The molecule has 0 spiro atoms. The third-order valence-electron chi connectivity index (χ3n) is 17.9. The Bertz CT molecular complexity index is 3910. The van der Waals surface area contributed by atoms with Gasteiger partial charge in [0.2, 0.25) is 12.6 Å². The van der Waals surface area contributed by atoms with E-state index in [0.717, 1.165) is 16.9 Å². The number of methoxy groups -OCH3 is 2. The van der Waals surface area contributed by atoms with E-state index >= 15 is 0 Å². The first-order valence-corrected chi connectivity index (χ1v) is 32.2. The van der Waals surface area contributed by atoms with Crippen molar-refractivity contribution in [2.45, 2.75) is 165 Å². The lowest BCUT2D eigenvalue weighted by molar-refractivity contribution is -0.271. The molecule has 6 aliphatic rings. The van der Waals surface area contributed by atoms with Crippen LogP contribution in [-0.2, 0) is 46.5 Å². The summed E-state index contributed by atoms with van der Waals surface area (Å²) in [6.07, 6.45) is -23.7. The van der Waals surface area contributed by atoms with Crippen LogP contribution in [0.1, 0.15) is 117 Å². The molecule has 10 rings (SSSR count). The summed E-state index contributed by atoms with van der Waals surface area (Å²) in [6, 6.07) is 11.6. The average molecular weight is 1410 g/mol. The summed E-state index contributed by atoms with van der Waals surface area (Å²) in [4.78, 5) is 113. The molecule has 32 nitrogen and oxygen atoms in total. The highest BCUT2D eigenvalue weighted by molar-refractivity contribution is 6.07. The zero-order chi connectivity index (χ0) is 73.4. The number of carbonyl (C=O) groups excluding carboxylic acids is 6. The van der Waals surface area contributed by atoms with Gasteiger partial charge in [-0.1, -0.05) is 57.2 Å². The number of carboxylic acids is 2. The number of fused-ring (bicyclic) bond motifs is 4. The highest BCUT2D eigenvalue weighted by Crippen LogP contribution is 2.44. The minimum atomic E-state index is -2.02. The molecule has 4 saturated heterocycles. The van der Waals surface area contributed by atoms with Crippen molar-refractivity contribution in [2.24, 2.45) is 5.41 Å². The second-order valence-corrected chi connectivity index (χ2v) is 26.5. The lowest BCUT2D eigenvalue weighted by Gasteiger charge is -2.38. The molecule has 6 heterocycles. The van der Waals surface area contributed by atoms with E-state index in [0.29, 0.717) is 36.0 Å². The van der Waals surface area contributed by atoms with Gasteiger partial charge < -0.3 is 108 Å². The number of unbranched alkanes of at least 4 members (excludes halogenated alkanes) is 2. The van der Waals surface area contributed by atoms with Crippen molar-refractivity contribution in [1.29, 1.82) is 0 Å².